The smallest absolute Gasteiger partial charge is 0.309 e. The summed E-state index contributed by atoms with van der Waals surface area (Å²) in [6.45, 7) is 0. The van der Waals surface area contributed by atoms with Crippen molar-refractivity contribution in [3.05, 3.63) is 22.4 Å². The number of aromatic nitrogens is 2. The molecule has 2 aromatic rings. The molecule has 0 aromatic carbocycles. The van der Waals surface area contributed by atoms with Crippen molar-refractivity contribution in [2.24, 2.45) is 0 Å². The molecule has 0 radical (unpaired) electrons. The van der Waals surface area contributed by atoms with Gasteiger partial charge in [-0.05, 0) is 0 Å². The summed E-state index contributed by atoms with van der Waals surface area (Å²) in [5.74, 6) is -0.878. The number of thiazole rings is 1. The fraction of sp³-hybridized carbons (Fsp3) is 0.143. The number of fused-ring (bicyclic) bond motifs is 1. The zero-order chi connectivity index (χ0) is 9.42. The van der Waals surface area contributed by atoms with E-state index in [2.05, 4.69) is 4.98 Å². The second-order valence-electron chi connectivity index (χ2n) is 2.53. The lowest BCUT2D eigenvalue weighted by atomic mass is 10.3. The number of carboxylic acid groups (broad SMARTS) is 1. The van der Waals surface area contributed by atoms with E-state index in [1.165, 1.54) is 11.3 Å². The van der Waals surface area contributed by atoms with Gasteiger partial charge in [0.2, 0.25) is 0 Å². The lowest BCUT2D eigenvalue weighted by molar-refractivity contribution is -0.136. The first-order chi connectivity index (χ1) is 6.15. The molecular weight excluding hydrogens is 212 g/mol. The quantitative estimate of drug-likeness (QED) is 0.831. The van der Waals surface area contributed by atoms with E-state index >= 15 is 0 Å². The van der Waals surface area contributed by atoms with Crippen molar-refractivity contribution in [3.8, 4) is 0 Å². The van der Waals surface area contributed by atoms with Gasteiger partial charge in [-0.2, -0.15) is 0 Å². The molecule has 0 saturated heterocycles. The van der Waals surface area contributed by atoms with E-state index in [0.29, 0.717) is 10.0 Å². The van der Waals surface area contributed by atoms with Gasteiger partial charge in [0.15, 0.2) is 4.96 Å². The van der Waals surface area contributed by atoms with Crippen LogP contribution in [0.2, 0.25) is 4.34 Å². The van der Waals surface area contributed by atoms with Crippen LogP contribution in [0.5, 0.6) is 0 Å². The number of aliphatic carboxylic acids is 1. The van der Waals surface area contributed by atoms with Crippen LogP contribution in [0.3, 0.4) is 0 Å². The molecule has 0 aliphatic heterocycles. The summed E-state index contributed by atoms with van der Waals surface area (Å²) in [6.07, 6.45) is 3.33. The third-order valence-electron chi connectivity index (χ3n) is 1.51. The van der Waals surface area contributed by atoms with Crippen LogP contribution >= 0.6 is 22.9 Å². The second-order valence-corrected chi connectivity index (χ2v) is 4.17. The number of hydrogen-bond acceptors (Lipinski definition) is 3. The Balaban J connectivity index is 2.39. The predicted molar refractivity (Wildman–Crippen MR) is 49.4 cm³/mol. The van der Waals surface area contributed by atoms with E-state index in [0.717, 1.165) is 4.96 Å². The molecule has 13 heavy (non-hydrogen) atoms. The minimum atomic E-state index is -0.878. The molecule has 0 spiro atoms. The van der Waals surface area contributed by atoms with Gasteiger partial charge in [0.25, 0.3) is 0 Å². The summed E-state index contributed by atoms with van der Waals surface area (Å²) < 4.78 is 2.37. The van der Waals surface area contributed by atoms with Gasteiger partial charge in [-0.15, -0.1) is 0 Å². The van der Waals surface area contributed by atoms with E-state index in [-0.39, 0.29) is 6.42 Å². The molecule has 6 heteroatoms. The standard InChI is InChI=1S/C7H5ClN2O2S/c8-5-3-10-2-4(1-6(11)12)9-7(10)13-5/h2-3H,1H2,(H,11,12). The van der Waals surface area contributed by atoms with Gasteiger partial charge in [-0.3, -0.25) is 9.20 Å². The maximum absolute atomic E-state index is 10.4. The highest BCUT2D eigenvalue weighted by atomic mass is 35.5. The molecule has 2 aromatic heterocycles. The Morgan fingerprint density at radius 3 is 3.08 bits per heavy atom. The van der Waals surface area contributed by atoms with Crippen LogP contribution in [0, 0.1) is 0 Å². The Morgan fingerprint density at radius 1 is 1.69 bits per heavy atom. The van der Waals surface area contributed by atoms with E-state index in [1.807, 2.05) is 0 Å². The van der Waals surface area contributed by atoms with Gasteiger partial charge in [0.1, 0.15) is 4.34 Å². The van der Waals surface area contributed by atoms with Gasteiger partial charge in [-0.25, -0.2) is 4.98 Å². The molecule has 2 heterocycles. The number of halogens is 1. The fourth-order valence-electron chi connectivity index (χ4n) is 1.06. The lowest BCUT2D eigenvalue weighted by Gasteiger charge is -1.85. The molecule has 2 rings (SSSR count). The number of carbonyl (C=O) groups is 1. The second kappa shape index (κ2) is 3.01. The molecule has 1 N–H and O–H groups in total. The summed E-state index contributed by atoms with van der Waals surface area (Å²) in [4.78, 5) is 15.2. The Morgan fingerprint density at radius 2 is 2.46 bits per heavy atom. The zero-order valence-electron chi connectivity index (χ0n) is 6.40. The van der Waals surface area contributed by atoms with Gasteiger partial charge >= 0.3 is 5.97 Å². The van der Waals surface area contributed by atoms with Crippen molar-refractivity contribution >= 4 is 33.9 Å². The average Bonchev–Trinajstić information content (AvgIpc) is 2.41. The Labute approximate surface area is 82.4 Å². The van der Waals surface area contributed by atoms with Crippen molar-refractivity contribution in [3.63, 3.8) is 0 Å². The molecule has 0 aliphatic carbocycles. The van der Waals surface area contributed by atoms with E-state index < -0.39 is 5.97 Å². The van der Waals surface area contributed by atoms with E-state index in [1.54, 1.807) is 16.8 Å². The summed E-state index contributed by atoms with van der Waals surface area (Å²) in [7, 11) is 0. The number of nitrogens with zero attached hydrogens (tertiary/aromatic N) is 2. The maximum atomic E-state index is 10.4. The van der Waals surface area contributed by atoms with Gasteiger partial charge in [0, 0.05) is 12.4 Å². The molecule has 0 amide bonds. The monoisotopic (exact) mass is 216 g/mol. The molecule has 0 fully saturated rings. The van der Waals surface area contributed by atoms with Crippen LogP contribution in [0.4, 0.5) is 0 Å². The molecule has 0 bridgehead atoms. The Hall–Kier alpha value is -1.07. The van der Waals surface area contributed by atoms with Crippen molar-refractivity contribution in [1.29, 1.82) is 0 Å². The summed E-state index contributed by atoms with van der Waals surface area (Å²) in [5, 5.41) is 8.51. The highest BCUT2D eigenvalue weighted by Gasteiger charge is 2.07. The summed E-state index contributed by atoms with van der Waals surface area (Å²) >= 11 is 7.05. The highest BCUT2D eigenvalue weighted by Crippen LogP contribution is 2.22. The maximum Gasteiger partial charge on any atom is 0.309 e. The largest absolute Gasteiger partial charge is 0.481 e. The molecule has 0 aliphatic rings. The van der Waals surface area contributed by atoms with Gasteiger partial charge in [-0.1, -0.05) is 22.9 Å². The topological polar surface area (TPSA) is 54.6 Å². The van der Waals surface area contributed by atoms with Crippen LogP contribution in [0.25, 0.3) is 4.96 Å². The molecule has 4 nitrogen and oxygen atoms in total. The normalized spacial score (nSPS) is 10.8. The van der Waals surface area contributed by atoms with Crippen LogP contribution in [0.1, 0.15) is 5.69 Å². The predicted octanol–water partition coefficient (Wildman–Crippen LogP) is 1.68. The minimum Gasteiger partial charge on any atom is -0.481 e. The van der Waals surface area contributed by atoms with Gasteiger partial charge in [0.05, 0.1) is 12.1 Å². The minimum absolute atomic E-state index is 0.0496. The molecule has 0 unspecified atom stereocenters. The third kappa shape index (κ3) is 1.66. The van der Waals surface area contributed by atoms with Crippen LogP contribution < -0.4 is 0 Å². The number of rotatable bonds is 2. The molecule has 68 valence electrons. The van der Waals surface area contributed by atoms with Gasteiger partial charge < -0.3 is 5.11 Å². The van der Waals surface area contributed by atoms with E-state index in [9.17, 15) is 4.79 Å². The molecule has 0 saturated carbocycles. The van der Waals surface area contributed by atoms with Crippen molar-refractivity contribution in [2.45, 2.75) is 6.42 Å². The first-order valence-electron chi connectivity index (χ1n) is 3.50. The Kier molecular flexibility index (Phi) is 1.97. The Bertz CT molecular complexity index is 430. The summed E-state index contributed by atoms with van der Waals surface area (Å²) in [6, 6.07) is 0. The first kappa shape index (κ1) is 8.52. The van der Waals surface area contributed by atoms with Crippen molar-refractivity contribution in [1.82, 2.24) is 9.38 Å². The first-order valence-corrected chi connectivity index (χ1v) is 4.69. The molecular formula is C7H5ClN2O2S. The summed E-state index contributed by atoms with van der Waals surface area (Å²) in [5.41, 5.74) is 0.551. The van der Waals surface area contributed by atoms with Crippen molar-refractivity contribution in [2.75, 3.05) is 0 Å². The van der Waals surface area contributed by atoms with Crippen LogP contribution in [-0.4, -0.2) is 20.5 Å². The van der Waals surface area contributed by atoms with Crippen LogP contribution in [-0.2, 0) is 11.2 Å². The SMILES string of the molecule is O=C(O)Cc1cn2cc(Cl)sc2n1. The van der Waals surface area contributed by atoms with E-state index in [4.69, 9.17) is 16.7 Å². The average molecular weight is 217 g/mol. The van der Waals surface area contributed by atoms with Crippen LogP contribution in [0.15, 0.2) is 12.4 Å². The number of carboxylic acids is 1. The molecule has 0 atom stereocenters. The fourth-order valence-corrected chi connectivity index (χ4v) is 2.08. The highest BCUT2D eigenvalue weighted by molar-refractivity contribution is 7.20. The number of imidazole rings is 1. The third-order valence-corrected chi connectivity index (χ3v) is 2.62. The lowest BCUT2D eigenvalue weighted by Crippen LogP contribution is -1.99. The zero-order valence-corrected chi connectivity index (χ0v) is 7.97. The van der Waals surface area contributed by atoms with Crippen molar-refractivity contribution < 1.29 is 9.90 Å². The number of hydrogen-bond donors (Lipinski definition) is 1.